The zero-order chi connectivity index (χ0) is 19.5. The molecule has 4 rings (SSSR count). The maximum atomic E-state index is 12.8. The summed E-state index contributed by atoms with van der Waals surface area (Å²) in [4.78, 5) is 39.8. The van der Waals surface area contributed by atoms with Crippen molar-refractivity contribution in [1.82, 2.24) is 15.1 Å². The van der Waals surface area contributed by atoms with E-state index in [9.17, 15) is 14.4 Å². The summed E-state index contributed by atoms with van der Waals surface area (Å²) >= 11 is 0. The molecule has 8 nitrogen and oxygen atoms in total. The highest BCUT2D eigenvalue weighted by Gasteiger charge is 2.39. The Morgan fingerprint density at radius 1 is 1.04 bits per heavy atom. The Hall–Kier alpha value is -3.55. The highest BCUT2D eigenvalue weighted by Crippen LogP contribution is 2.29. The van der Waals surface area contributed by atoms with Crippen molar-refractivity contribution in [2.75, 3.05) is 31.5 Å². The third-order valence-corrected chi connectivity index (χ3v) is 4.80. The number of piperazine rings is 2. The number of nitrogens with one attached hydrogen (secondary N) is 2. The Morgan fingerprint density at radius 3 is 2.61 bits per heavy atom. The minimum Gasteiger partial charge on any atom is -0.455 e. The van der Waals surface area contributed by atoms with Gasteiger partial charge in [-0.2, -0.15) is 0 Å². The number of rotatable bonds is 3. The van der Waals surface area contributed by atoms with E-state index in [1.54, 1.807) is 23.1 Å². The van der Waals surface area contributed by atoms with E-state index < -0.39 is 6.04 Å². The molecule has 2 aromatic carbocycles. The lowest BCUT2D eigenvalue weighted by molar-refractivity contribution is -0.148. The van der Waals surface area contributed by atoms with Gasteiger partial charge in [-0.05, 0) is 24.3 Å². The molecule has 0 spiro atoms. The molecular weight excluding hydrogens is 360 g/mol. The van der Waals surface area contributed by atoms with Gasteiger partial charge in [0.05, 0.1) is 18.8 Å². The molecule has 0 aliphatic carbocycles. The standard InChI is InChI=1S/C20H20N4O4/c25-18-12-21-19(26)16-13-23(10-11-24(16)18)20(27)22-15-8-4-5-9-17(15)28-14-6-2-1-3-7-14/h1-9,16H,10-13H2,(H,21,26)(H,22,27)/t16-/m0/s1. The lowest BCUT2D eigenvalue weighted by Crippen LogP contribution is -2.66. The lowest BCUT2D eigenvalue weighted by Gasteiger charge is -2.42. The first-order valence-corrected chi connectivity index (χ1v) is 9.07. The molecule has 2 heterocycles. The third kappa shape index (κ3) is 3.62. The molecule has 0 bridgehead atoms. The van der Waals surface area contributed by atoms with Gasteiger partial charge < -0.3 is 25.2 Å². The fourth-order valence-corrected chi connectivity index (χ4v) is 3.34. The monoisotopic (exact) mass is 380 g/mol. The molecule has 4 amide bonds. The Bertz CT molecular complexity index is 902. The van der Waals surface area contributed by atoms with Crippen molar-refractivity contribution in [1.29, 1.82) is 0 Å². The van der Waals surface area contributed by atoms with Crippen LogP contribution < -0.4 is 15.4 Å². The summed E-state index contributed by atoms with van der Waals surface area (Å²) in [5.74, 6) is 0.831. The van der Waals surface area contributed by atoms with E-state index in [-0.39, 0.29) is 30.9 Å². The number of benzene rings is 2. The van der Waals surface area contributed by atoms with E-state index in [1.165, 1.54) is 4.90 Å². The average Bonchev–Trinajstić information content (AvgIpc) is 2.73. The first-order chi connectivity index (χ1) is 13.6. The Kier molecular flexibility index (Phi) is 4.84. The molecule has 0 aromatic heterocycles. The van der Waals surface area contributed by atoms with E-state index in [4.69, 9.17) is 4.74 Å². The number of nitrogens with zero attached hydrogens (tertiary/aromatic N) is 2. The predicted octanol–water partition coefficient (Wildman–Crippen LogP) is 1.65. The summed E-state index contributed by atoms with van der Waals surface area (Å²) in [5, 5.41) is 5.42. The number of para-hydroxylation sites is 3. The SMILES string of the molecule is O=C1NCC(=O)N2CCN(C(=O)Nc3ccccc3Oc3ccccc3)C[C@@H]12. The number of urea groups is 1. The van der Waals surface area contributed by atoms with Crippen LogP contribution in [0.4, 0.5) is 10.5 Å². The molecule has 2 fully saturated rings. The molecule has 2 aromatic rings. The van der Waals surface area contributed by atoms with Crippen molar-refractivity contribution in [3.63, 3.8) is 0 Å². The quantitative estimate of drug-likeness (QED) is 0.847. The van der Waals surface area contributed by atoms with Crippen LogP contribution in [-0.4, -0.2) is 59.9 Å². The summed E-state index contributed by atoms with van der Waals surface area (Å²) in [6, 6.07) is 15.5. The van der Waals surface area contributed by atoms with Crippen LogP contribution in [0.3, 0.4) is 0 Å². The highest BCUT2D eigenvalue weighted by molar-refractivity contribution is 5.96. The van der Waals surface area contributed by atoms with Crippen molar-refractivity contribution in [3.05, 3.63) is 54.6 Å². The minimum atomic E-state index is -0.642. The smallest absolute Gasteiger partial charge is 0.322 e. The molecule has 2 aliphatic rings. The number of carbonyl (C=O) groups is 3. The summed E-state index contributed by atoms with van der Waals surface area (Å²) in [5.41, 5.74) is 0.531. The second kappa shape index (κ2) is 7.59. The fourth-order valence-electron chi connectivity index (χ4n) is 3.34. The van der Waals surface area contributed by atoms with E-state index in [0.717, 1.165) is 0 Å². The normalized spacial score (nSPS) is 18.9. The van der Waals surface area contributed by atoms with Crippen LogP contribution in [0.1, 0.15) is 0 Å². The number of hydrogen-bond donors (Lipinski definition) is 2. The largest absolute Gasteiger partial charge is 0.455 e. The first kappa shape index (κ1) is 17.8. The van der Waals surface area contributed by atoms with Crippen LogP contribution in [0.25, 0.3) is 0 Å². The number of anilines is 1. The second-order valence-corrected chi connectivity index (χ2v) is 6.61. The van der Waals surface area contributed by atoms with E-state index >= 15 is 0 Å². The summed E-state index contributed by atoms with van der Waals surface area (Å²) in [7, 11) is 0. The predicted molar refractivity (Wildman–Crippen MR) is 102 cm³/mol. The molecule has 2 saturated heterocycles. The molecular formula is C20H20N4O4. The zero-order valence-corrected chi connectivity index (χ0v) is 15.1. The van der Waals surface area contributed by atoms with E-state index in [1.807, 2.05) is 36.4 Å². The van der Waals surface area contributed by atoms with Crippen molar-refractivity contribution in [2.24, 2.45) is 0 Å². The molecule has 1 atom stereocenters. The van der Waals surface area contributed by atoms with Gasteiger partial charge in [-0.15, -0.1) is 0 Å². The molecule has 0 radical (unpaired) electrons. The molecule has 2 N–H and O–H groups in total. The maximum Gasteiger partial charge on any atom is 0.322 e. The van der Waals surface area contributed by atoms with Gasteiger partial charge in [-0.1, -0.05) is 30.3 Å². The Balaban J connectivity index is 1.46. The van der Waals surface area contributed by atoms with Crippen LogP contribution in [0.2, 0.25) is 0 Å². The molecule has 0 saturated carbocycles. The molecule has 8 heteroatoms. The van der Waals surface area contributed by atoms with E-state index in [2.05, 4.69) is 10.6 Å². The van der Waals surface area contributed by atoms with Crippen LogP contribution in [0.15, 0.2) is 54.6 Å². The van der Waals surface area contributed by atoms with Gasteiger partial charge in [0.1, 0.15) is 11.8 Å². The molecule has 0 unspecified atom stereocenters. The molecule has 144 valence electrons. The van der Waals surface area contributed by atoms with Gasteiger partial charge >= 0.3 is 6.03 Å². The topological polar surface area (TPSA) is 91.0 Å². The highest BCUT2D eigenvalue weighted by atomic mass is 16.5. The lowest BCUT2D eigenvalue weighted by atomic mass is 10.1. The van der Waals surface area contributed by atoms with Crippen molar-refractivity contribution in [3.8, 4) is 11.5 Å². The molecule has 28 heavy (non-hydrogen) atoms. The number of carbonyl (C=O) groups excluding carboxylic acids is 3. The Morgan fingerprint density at radius 2 is 1.79 bits per heavy atom. The van der Waals surface area contributed by atoms with Gasteiger partial charge in [0, 0.05) is 13.1 Å². The average molecular weight is 380 g/mol. The van der Waals surface area contributed by atoms with Crippen LogP contribution in [0, 0.1) is 0 Å². The summed E-state index contributed by atoms with van der Waals surface area (Å²) in [6.07, 6.45) is 0. The van der Waals surface area contributed by atoms with Crippen molar-refractivity contribution in [2.45, 2.75) is 6.04 Å². The van der Waals surface area contributed by atoms with E-state index in [0.29, 0.717) is 30.3 Å². The number of amides is 4. The van der Waals surface area contributed by atoms with Crippen LogP contribution in [0.5, 0.6) is 11.5 Å². The number of hydrogen-bond acceptors (Lipinski definition) is 4. The summed E-state index contributed by atoms with van der Waals surface area (Å²) < 4.78 is 5.86. The zero-order valence-electron chi connectivity index (χ0n) is 15.1. The number of fused-ring (bicyclic) bond motifs is 1. The first-order valence-electron chi connectivity index (χ1n) is 9.07. The maximum absolute atomic E-state index is 12.8. The second-order valence-electron chi connectivity index (χ2n) is 6.61. The number of ether oxygens (including phenoxy) is 1. The van der Waals surface area contributed by atoms with Crippen LogP contribution in [-0.2, 0) is 9.59 Å². The fraction of sp³-hybridized carbons (Fsp3) is 0.250. The van der Waals surface area contributed by atoms with Gasteiger partial charge in [0.2, 0.25) is 11.8 Å². The third-order valence-electron chi connectivity index (χ3n) is 4.80. The Labute approximate surface area is 162 Å². The van der Waals surface area contributed by atoms with Gasteiger partial charge in [-0.3, -0.25) is 9.59 Å². The van der Waals surface area contributed by atoms with Crippen molar-refractivity contribution >= 4 is 23.5 Å². The minimum absolute atomic E-state index is 0.0196. The van der Waals surface area contributed by atoms with Crippen LogP contribution >= 0.6 is 0 Å². The van der Waals surface area contributed by atoms with Gasteiger partial charge in [0.15, 0.2) is 5.75 Å². The van der Waals surface area contributed by atoms with Gasteiger partial charge in [-0.25, -0.2) is 4.79 Å². The van der Waals surface area contributed by atoms with Gasteiger partial charge in [0.25, 0.3) is 0 Å². The van der Waals surface area contributed by atoms with Crippen molar-refractivity contribution < 1.29 is 19.1 Å². The molecule has 2 aliphatic heterocycles. The summed E-state index contributed by atoms with van der Waals surface area (Å²) in [6.45, 7) is 0.881.